The fourth-order valence-electron chi connectivity index (χ4n) is 1.53. The Balaban J connectivity index is 2.83. The fraction of sp³-hybridized carbons (Fsp3) is 0.455. The van der Waals surface area contributed by atoms with Crippen LogP contribution in [0, 0.1) is 5.92 Å². The van der Waals surface area contributed by atoms with Crippen LogP contribution in [0.5, 0.6) is 0 Å². The van der Waals surface area contributed by atoms with E-state index in [2.05, 4.69) is 36.0 Å². The fourth-order valence-corrected chi connectivity index (χ4v) is 1.53. The van der Waals surface area contributed by atoms with Gasteiger partial charge >= 0.3 is 0 Å². The summed E-state index contributed by atoms with van der Waals surface area (Å²) in [5, 5.41) is 3.65. The maximum Gasteiger partial charge on any atom is 0.0329 e. The highest BCUT2D eigenvalue weighted by Gasteiger charge is 2.13. The summed E-state index contributed by atoms with van der Waals surface area (Å²) in [5.41, 5.74) is 9.55. The Labute approximate surface area is 84.4 Å². The highest BCUT2D eigenvalue weighted by atomic mass is 15.1. The topological polar surface area (TPSA) is 48.8 Å². The first-order chi connectivity index (χ1) is 6.75. The average molecular weight is 189 g/mol. The van der Waals surface area contributed by atoms with Crippen molar-refractivity contribution in [3.8, 4) is 0 Å². The molecule has 3 nitrogen and oxygen atoms in total. The second-order valence-corrected chi connectivity index (χ2v) is 3.67. The maximum atomic E-state index is 8.30. The molecular weight excluding hydrogens is 174 g/mol. The van der Waals surface area contributed by atoms with E-state index >= 15 is 0 Å². The van der Waals surface area contributed by atoms with E-state index in [1.54, 1.807) is 0 Å². The summed E-state index contributed by atoms with van der Waals surface area (Å²) in [6, 6.07) is 10.2. The minimum Gasteiger partial charge on any atom is -0.0933 e. The van der Waals surface area contributed by atoms with Gasteiger partial charge in [-0.2, -0.15) is 0 Å². The van der Waals surface area contributed by atoms with Crippen LogP contribution in [0.2, 0.25) is 0 Å². The van der Waals surface area contributed by atoms with Crippen LogP contribution >= 0.6 is 0 Å². The van der Waals surface area contributed by atoms with E-state index in [0.717, 1.165) is 0 Å². The third-order valence-corrected chi connectivity index (χ3v) is 2.37. The van der Waals surface area contributed by atoms with E-state index in [4.69, 9.17) is 5.53 Å². The molecular formula is C11H15N3. The van der Waals surface area contributed by atoms with Gasteiger partial charge in [0.1, 0.15) is 0 Å². The molecule has 0 aromatic heterocycles. The van der Waals surface area contributed by atoms with Gasteiger partial charge in [-0.15, -0.1) is 0 Å². The second-order valence-electron chi connectivity index (χ2n) is 3.67. The lowest BCUT2D eigenvalue weighted by molar-refractivity contribution is 0.505. The Morgan fingerprint density at radius 2 is 1.93 bits per heavy atom. The van der Waals surface area contributed by atoms with E-state index in [1.165, 1.54) is 5.56 Å². The standard InChI is InChI=1S/C11H15N3/c1-9(2)11(8-13-14-12)10-6-4-3-5-7-10/h3-7,9,11H,8H2,1-2H3/t11-/m0/s1. The van der Waals surface area contributed by atoms with Crippen LogP contribution in [-0.2, 0) is 0 Å². The molecule has 0 amide bonds. The Morgan fingerprint density at radius 1 is 1.29 bits per heavy atom. The molecule has 0 aliphatic rings. The molecule has 74 valence electrons. The van der Waals surface area contributed by atoms with Crippen LogP contribution in [-0.4, -0.2) is 6.54 Å². The van der Waals surface area contributed by atoms with Gasteiger partial charge in [0, 0.05) is 11.5 Å². The predicted molar refractivity (Wildman–Crippen MR) is 58.0 cm³/mol. The van der Waals surface area contributed by atoms with Crippen LogP contribution in [0.15, 0.2) is 35.4 Å². The van der Waals surface area contributed by atoms with Crippen molar-refractivity contribution >= 4 is 0 Å². The molecule has 0 radical (unpaired) electrons. The van der Waals surface area contributed by atoms with E-state index in [-0.39, 0.29) is 0 Å². The van der Waals surface area contributed by atoms with Crippen molar-refractivity contribution in [1.29, 1.82) is 0 Å². The highest BCUT2D eigenvalue weighted by molar-refractivity contribution is 5.20. The summed E-state index contributed by atoms with van der Waals surface area (Å²) >= 11 is 0. The second kappa shape index (κ2) is 5.30. The van der Waals surface area contributed by atoms with E-state index < -0.39 is 0 Å². The minimum atomic E-state index is 0.326. The van der Waals surface area contributed by atoms with Crippen LogP contribution in [0.4, 0.5) is 0 Å². The molecule has 0 aliphatic carbocycles. The van der Waals surface area contributed by atoms with E-state index in [1.807, 2.05) is 18.2 Å². The molecule has 0 bridgehead atoms. The van der Waals surface area contributed by atoms with Crippen molar-refractivity contribution in [2.75, 3.05) is 6.54 Å². The van der Waals surface area contributed by atoms with E-state index in [0.29, 0.717) is 18.4 Å². The molecule has 1 aromatic carbocycles. The number of benzene rings is 1. The molecule has 1 aromatic rings. The van der Waals surface area contributed by atoms with Crippen molar-refractivity contribution in [2.45, 2.75) is 19.8 Å². The summed E-state index contributed by atoms with van der Waals surface area (Å²) in [6.45, 7) is 4.83. The molecule has 0 saturated carbocycles. The van der Waals surface area contributed by atoms with Gasteiger partial charge in [0.05, 0.1) is 0 Å². The van der Waals surface area contributed by atoms with Gasteiger partial charge in [0.2, 0.25) is 0 Å². The van der Waals surface area contributed by atoms with Gasteiger partial charge < -0.3 is 0 Å². The van der Waals surface area contributed by atoms with Crippen LogP contribution in [0.1, 0.15) is 25.3 Å². The first kappa shape index (κ1) is 10.6. The van der Waals surface area contributed by atoms with Crippen LogP contribution < -0.4 is 0 Å². The largest absolute Gasteiger partial charge is 0.0933 e. The minimum absolute atomic E-state index is 0.326. The molecule has 3 heteroatoms. The molecule has 0 unspecified atom stereocenters. The predicted octanol–water partition coefficient (Wildman–Crippen LogP) is 3.74. The summed E-state index contributed by atoms with van der Waals surface area (Å²) in [6.07, 6.45) is 0. The monoisotopic (exact) mass is 189 g/mol. The van der Waals surface area contributed by atoms with Gasteiger partial charge in [-0.25, -0.2) is 0 Å². The number of nitrogens with zero attached hydrogens (tertiary/aromatic N) is 3. The summed E-state index contributed by atoms with van der Waals surface area (Å²) in [4.78, 5) is 2.81. The first-order valence-corrected chi connectivity index (χ1v) is 4.81. The molecule has 1 rings (SSSR count). The zero-order valence-electron chi connectivity index (χ0n) is 8.59. The SMILES string of the molecule is CC(C)[C@H](CN=[N+]=[N-])c1ccccc1. The van der Waals surface area contributed by atoms with Gasteiger partial charge in [0.25, 0.3) is 0 Å². The lowest BCUT2D eigenvalue weighted by Crippen LogP contribution is -2.09. The Bertz CT molecular complexity index is 313. The molecule has 0 saturated heterocycles. The normalized spacial score (nSPS) is 12.2. The molecule has 0 fully saturated rings. The van der Waals surface area contributed by atoms with Gasteiger partial charge in [-0.3, -0.25) is 0 Å². The first-order valence-electron chi connectivity index (χ1n) is 4.81. The number of hydrogen-bond acceptors (Lipinski definition) is 1. The van der Waals surface area contributed by atoms with Gasteiger partial charge in [-0.1, -0.05) is 49.3 Å². The summed E-state index contributed by atoms with van der Waals surface area (Å²) in [5.74, 6) is 0.815. The Morgan fingerprint density at radius 3 is 2.43 bits per heavy atom. The molecule has 0 aliphatic heterocycles. The smallest absolute Gasteiger partial charge is 0.0329 e. The van der Waals surface area contributed by atoms with Gasteiger partial charge in [0.15, 0.2) is 0 Å². The maximum absolute atomic E-state index is 8.30. The lowest BCUT2D eigenvalue weighted by Gasteiger charge is -2.18. The van der Waals surface area contributed by atoms with Crippen LogP contribution in [0.25, 0.3) is 10.4 Å². The molecule has 0 spiro atoms. The van der Waals surface area contributed by atoms with Crippen molar-refractivity contribution in [2.24, 2.45) is 11.0 Å². The molecule has 0 N–H and O–H groups in total. The van der Waals surface area contributed by atoms with Crippen molar-refractivity contribution in [3.05, 3.63) is 46.3 Å². The number of azide groups is 1. The van der Waals surface area contributed by atoms with E-state index in [9.17, 15) is 0 Å². The summed E-state index contributed by atoms with van der Waals surface area (Å²) < 4.78 is 0. The average Bonchev–Trinajstić information content (AvgIpc) is 2.19. The lowest BCUT2D eigenvalue weighted by atomic mass is 9.89. The zero-order valence-corrected chi connectivity index (χ0v) is 8.59. The van der Waals surface area contributed by atoms with Crippen molar-refractivity contribution in [1.82, 2.24) is 0 Å². The quantitative estimate of drug-likeness (QED) is 0.393. The van der Waals surface area contributed by atoms with Crippen molar-refractivity contribution < 1.29 is 0 Å². The number of rotatable bonds is 4. The third-order valence-electron chi connectivity index (χ3n) is 2.37. The molecule has 14 heavy (non-hydrogen) atoms. The van der Waals surface area contributed by atoms with Crippen LogP contribution in [0.3, 0.4) is 0 Å². The van der Waals surface area contributed by atoms with Crippen molar-refractivity contribution in [3.63, 3.8) is 0 Å². The highest BCUT2D eigenvalue weighted by Crippen LogP contribution is 2.24. The zero-order chi connectivity index (χ0) is 10.4. The number of hydrogen-bond donors (Lipinski definition) is 0. The molecule has 1 atom stereocenters. The molecule has 0 heterocycles. The Hall–Kier alpha value is -1.47. The summed E-state index contributed by atoms with van der Waals surface area (Å²) in [7, 11) is 0. The third kappa shape index (κ3) is 2.79. The van der Waals surface area contributed by atoms with Gasteiger partial charge in [-0.05, 0) is 22.9 Å². The Kier molecular flexibility index (Phi) is 4.02.